The Balaban J connectivity index is 2.21. The third-order valence-corrected chi connectivity index (χ3v) is 3.23. The zero-order valence-corrected chi connectivity index (χ0v) is 10.5. The molecular formula is C11H17N5O2. The van der Waals surface area contributed by atoms with Crippen molar-refractivity contribution in [2.45, 2.75) is 32.2 Å². The van der Waals surface area contributed by atoms with Crippen LogP contribution in [0.1, 0.15) is 26.2 Å². The molecule has 18 heavy (non-hydrogen) atoms. The zero-order valence-electron chi connectivity index (χ0n) is 10.5. The molecule has 0 bridgehead atoms. The van der Waals surface area contributed by atoms with Crippen LogP contribution in [0.5, 0.6) is 0 Å². The van der Waals surface area contributed by atoms with E-state index in [1.165, 1.54) is 6.20 Å². The van der Waals surface area contributed by atoms with Crippen LogP contribution in [0.25, 0.3) is 0 Å². The standard InChI is InChI=1S/C11H17N5O2/c1-7-3-4-8(5-7)14-10-9(16(17)18)6-13-11(12-2)15-10/h6-8H,3-5H2,1-2H3,(H2,12,13,14,15). The van der Waals surface area contributed by atoms with E-state index in [0.717, 1.165) is 19.3 Å². The molecule has 1 fully saturated rings. The summed E-state index contributed by atoms with van der Waals surface area (Å²) in [6.45, 7) is 2.19. The van der Waals surface area contributed by atoms with Crippen LogP contribution in [0.15, 0.2) is 6.20 Å². The maximum atomic E-state index is 10.9. The summed E-state index contributed by atoms with van der Waals surface area (Å²) in [6.07, 6.45) is 4.43. The molecule has 2 N–H and O–H groups in total. The van der Waals surface area contributed by atoms with Crippen molar-refractivity contribution < 1.29 is 4.92 Å². The van der Waals surface area contributed by atoms with Crippen molar-refractivity contribution in [1.29, 1.82) is 0 Å². The lowest BCUT2D eigenvalue weighted by molar-refractivity contribution is -0.384. The summed E-state index contributed by atoms with van der Waals surface area (Å²) >= 11 is 0. The molecule has 98 valence electrons. The Morgan fingerprint density at radius 1 is 1.50 bits per heavy atom. The molecule has 1 heterocycles. The minimum Gasteiger partial charge on any atom is -0.361 e. The Hall–Kier alpha value is -1.92. The second-order valence-electron chi connectivity index (χ2n) is 4.69. The Morgan fingerprint density at radius 3 is 2.83 bits per heavy atom. The van der Waals surface area contributed by atoms with Gasteiger partial charge in [0.05, 0.1) is 4.92 Å². The first kappa shape index (κ1) is 12.5. The molecule has 0 amide bonds. The summed E-state index contributed by atoms with van der Waals surface area (Å²) in [6, 6.07) is 0.262. The fourth-order valence-corrected chi connectivity index (χ4v) is 2.27. The van der Waals surface area contributed by atoms with Crippen molar-refractivity contribution in [1.82, 2.24) is 9.97 Å². The summed E-state index contributed by atoms with van der Waals surface area (Å²) in [5.41, 5.74) is -0.0754. The monoisotopic (exact) mass is 251 g/mol. The Kier molecular flexibility index (Phi) is 3.59. The third-order valence-electron chi connectivity index (χ3n) is 3.23. The Labute approximate surface area is 105 Å². The van der Waals surface area contributed by atoms with E-state index in [9.17, 15) is 10.1 Å². The van der Waals surface area contributed by atoms with Crippen molar-refractivity contribution in [3.05, 3.63) is 16.3 Å². The Morgan fingerprint density at radius 2 is 2.28 bits per heavy atom. The van der Waals surface area contributed by atoms with Crippen molar-refractivity contribution >= 4 is 17.5 Å². The van der Waals surface area contributed by atoms with Gasteiger partial charge in [0.15, 0.2) is 0 Å². The van der Waals surface area contributed by atoms with E-state index in [1.807, 2.05) is 0 Å². The summed E-state index contributed by atoms with van der Waals surface area (Å²) in [5.74, 6) is 1.35. The van der Waals surface area contributed by atoms with Crippen molar-refractivity contribution in [3.63, 3.8) is 0 Å². The molecule has 0 saturated heterocycles. The van der Waals surface area contributed by atoms with Gasteiger partial charge in [0, 0.05) is 13.1 Å². The van der Waals surface area contributed by atoms with E-state index in [1.54, 1.807) is 7.05 Å². The van der Waals surface area contributed by atoms with E-state index >= 15 is 0 Å². The SMILES string of the molecule is CNc1ncc([N+](=O)[O-])c(NC2CCC(C)C2)n1. The van der Waals surface area contributed by atoms with Crippen LogP contribution >= 0.6 is 0 Å². The number of hydrogen-bond acceptors (Lipinski definition) is 6. The summed E-state index contributed by atoms with van der Waals surface area (Å²) in [4.78, 5) is 18.5. The van der Waals surface area contributed by atoms with Crippen LogP contribution in [-0.2, 0) is 0 Å². The smallest absolute Gasteiger partial charge is 0.329 e. The molecular weight excluding hydrogens is 234 g/mol. The fraction of sp³-hybridized carbons (Fsp3) is 0.636. The molecule has 1 aromatic heterocycles. The number of nitrogens with zero attached hydrogens (tertiary/aromatic N) is 3. The van der Waals surface area contributed by atoms with E-state index in [2.05, 4.69) is 27.5 Å². The van der Waals surface area contributed by atoms with Gasteiger partial charge in [0.25, 0.3) is 0 Å². The maximum absolute atomic E-state index is 10.9. The molecule has 0 radical (unpaired) electrons. The van der Waals surface area contributed by atoms with Crippen molar-refractivity contribution in [3.8, 4) is 0 Å². The number of rotatable bonds is 4. The van der Waals surface area contributed by atoms with Gasteiger partial charge in [0.2, 0.25) is 11.8 Å². The number of nitrogens with one attached hydrogen (secondary N) is 2. The Bertz CT molecular complexity index is 451. The molecule has 1 aliphatic rings. The van der Waals surface area contributed by atoms with Crippen LogP contribution in [0.4, 0.5) is 17.5 Å². The molecule has 1 saturated carbocycles. The normalized spacial score (nSPS) is 22.8. The minimum atomic E-state index is -0.458. The van der Waals surface area contributed by atoms with Gasteiger partial charge in [-0.25, -0.2) is 4.98 Å². The number of hydrogen-bond donors (Lipinski definition) is 2. The second kappa shape index (κ2) is 5.16. The van der Waals surface area contributed by atoms with E-state index in [-0.39, 0.29) is 11.7 Å². The highest BCUT2D eigenvalue weighted by Crippen LogP contribution is 2.30. The van der Waals surface area contributed by atoms with Gasteiger partial charge < -0.3 is 10.6 Å². The highest BCUT2D eigenvalue weighted by molar-refractivity contribution is 5.57. The number of nitro groups is 1. The molecule has 0 spiro atoms. The molecule has 1 aliphatic carbocycles. The second-order valence-corrected chi connectivity index (χ2v) is 4.69. The molecule has 0 aliphatic heterocycles. The lowest BCUT2D eigenvalue weighted by Crippen LogP contribution is -2.18. The van der Waals surface area contributed by atoms with Crippen LogP contribution < -0.4 is 10.6 Å². The topological polar surface area (TPSA) is 93.0 Å². The summed E-state index contributed by atoms with van der Waals surface area (Å²) < 4.78 is 0. The summed E-state index contributed by atoms with van der Waals surface area (Å²) in [7, 11) is 1.68. The molecule has 1 aromatic rings. The average molecular weight is 251 g/mol. The number of anilines is 2. The zero-order chi connectivity index (χ0) is 13.1. The lowest BCUT2D eigenvalue weighted by Gasteiger charge is -2.13. The highest BCUT2D eigenvalue weighted by Gasteiger charge is 2.25. The van der Waals surface area contributed by atoms with Gasteiger partial charge in [-0.15, -0.1) is 0 Å². The van der Waals surface area contributed by atoms with Gasteiger partial charge in [-0.1, -0.05) is 6.92 Å². The molecule has 7 nitrogen and oxygen atoms in total. The molecule has 2 rings (SSSR count). The minimum absolute atomic E-state index is 0.0754. The maximum Gasteiger partial charge on any atom is 0.329 e. The summed E-state index contributed by atoms with van der Waals surface area (Å²) in [5, 5.41) is 16.9. The fourth-order valence-electron chi connectivity index (χ4n) is 2.27. The van der Waals surface area contributed by atoms with Crippen LogP contribution in [0.2, 0.25) is 0 Å². The van der Waals surface area contributed by atoms with Gasteiger partial charge >= 0.3 is 5.69 Å². The van der Waals surface area contributed by atoms with Gasteiger partial charge in [-0.3, -0.25) is 10.1 Å². The lowest BCUT2D eigenvalue weighted by atomic mass is 10.1. The first-order valence-electron chi connectivity index (χ1n) is 6.06. The molecule has 0 aromatic carbocycles. The van der Waals surface area contributed by atoms with Gasteiger partial charge in [0.1, 0.15) is 6.20 Å². The first-order chi connectivity index (χ1) is 8.60. The molecule has 2 unspecified atom stereocenters. The first-order valence-corrected chi connectivity index (χ1v) is 6.06. The predicted molar refractivity (Wildman–Crippen MR) is 68.7 cm³/mol. The van der Waals surface area contributed by atoms with Crippen molar-refractivity contribution in [2.24, 2.45) is 5.92 Å². The van der Waals surface area contributed by atoms with Crippen LogP contribution in [-0.4, -0.2) is 28.0 Å². The van der Waals surface area contributed by atoms with E-state index < -0.39 is 4.92 Å². The molecule has 2 atom stereocenters. The van der Waals surface area contributed by atoms with E-state index in [4.69, 9.17) is 0 Å². The van der Waals surface area contributed by atoms with Crippen LogP contribution in [0, 0.1) is 16.0 Å². The van der Waals surface area contributed by atoms with Gasteiger partial charge in [-0.05, 0) is 25.2 Å². The average Bonchev–Trinajstić information content (AvgIpc) is 2.74. The molecule has 7 heteroatoms. The van der Waals surface area contributed by atoms with Crippen molar-refractivity contribution in [2.75, 3.05) is 17.7 Å². The quantitative estimate of drug-likeness (QED) is 0.628. The van der Waals surface area contributed by atoms with E-state index in [0.29, 0.717) is 17.7 Å². The highest BCUT2D eigenvalue weighted by atomic mass is 16.6. The van der Waals surface area contributed by atoms with Gasteiger partial charge in [-0.2, -0.15) is 4.98 Å². The largest absolute Gasteiger partial charge is 0.361 e. The third kappa shape index (κ3) is 2.66. The number of aromatic nitrogens is 2. The predicted octanol–water partition coefficient (Wildman–Crippen LogP) is 2.03. The van der Waals surface area contributed by atoms with Crippen LogP contribution in [0.3, 0.4) is 0 Å².